The van der Waals surface area contributed by atoms with E-state index in [-0.39, 0.29) is 24.5 Å². The van der Waals surface area contributed by atoms with E-state index in [0.717, 1.165) is 0 Å². The number of hydrogen-bond acceptors (Lipinski definition) is 6. The summed E-state index contributed by atoms with van der Waals surface area (Å²) in [5.74, 6) is -3.04. The first kappa shape index (κ1) is 27.4. The zero-order valence-corrected chi connectivity index (χ0v) is 21.9. The van der Waals surface area contributed by atoms with Crippen molar-refractivity contribution >= 4 is 25.7 Å². The zero-order chi connectivity index (χ0) is 25.4. The quantitative estimate of drug-likeness (QED) is 0.441. The van der Waals surface area contributed by atoms with Gasteiger partial charge in [0.1, 0.15) is 5.60 Å². The van der Waals surface area contributed by atoms with E-state index in [1.165, 1.54) is 12.4 Å². The lowest BCUT2D eigenvalue weighted by atomic mass is 9.83. The molecular weight excluding hydrogens is 451 g/mol. The van der Waals surface area contributed by atoms with Gasteiger partial charge in [0.25, 0.3) is 0 Å². The number of halogens is 3. The molecule has 0 radical (unpaired) electrons. The fourth-order valence-electron chi connectivity index (χ4n) is 3.78. The number of pyridine rings is 1. The van der Waals surface area contributed by atoms with Gasteiger partial charge in [-0.1, -0.05) is 20.8 Å². The van der Waals surface area contributed by atoms with E-state index in [2.05, 4.69) is 4.98 Å². The van der Waals surface area contributed by atoms with Crippen LogP contribution in [0, 0.1) is 11.8 Å². The van der Waals surface area contributed by atoms with Crippen molar-refractivity contribution in [2.24, 2.45) is 11.8 Å². The molecule has 1 aromatic heterocycles. The van der Waals surface area contributed by atoms with E-state index < -0.39 is 44.0 Å². The molecular formula is C23H38F3N3O3Si. The van der Waals surface area contributed by atoms with Crippen LogP contribution in [0.3, 0.4) is 0 Å². The maximum Gasteiger partial charge on any atom is 0.395 e. The van der Waals surface area contributed by atoms with Gasteiger partial charge < -0.3 is 19.8 Å². The third kappa shape index (κ3) is 7.08. The van der Waals surface area contributed by atoms with E-state index in [9.17, 15) is 18.0 Å². The fourth-order valence-corrected chi connectivity index (χ4v) is 5.17. The Hall–Kier alpha value is -1.81. The molecule has 0 saturated carbocycles. The summed E-state index contributed by atoms with van der Waals surface area (Å²) in [5, 5.41) is -0.285. The summed E-state index contributed by atoms with van der Waals surface area (Å²) in [6.45, 7) is 14.9. The van der Waals surface area contributed by atoms with Gasteiger partial charge in [-0.05, 0) is 45.0 Å². The molecule has 0 aromatic carbocycles. The van der Waals surface area contributed by atoms with Gasteiger partial charge in [0.15, 0.2) is 8.32 Å². The average Bonchev–Trinajstić information content (AvgIpc) is 2.59. The zero-order valence-electron chi connectivity index (χ0n) is 20.9. The lowest BCUT2D eigenvalue weighted by molar-refractivity contribution is -0.207. The van der Waals surface area contributed by atoms with Crippen molar-refractivity contribution in [1.29, 1.82) is 0 Å². The number of rotatable bonds is 5. The highest BCUT2D eigenvalue weighted by Gasteiger charge is 2.54. The number of esters is 1. The van der Waals surface area contributed by atoms with Gasteiger partial charge in [0, 0.05) is 25.2 Å². The molecule has 2 rings (SSSR count). The number of carbonyl (C=O) groups is 1. The Morgan fingerprint density at radius 1 is 1.18 bits per heavy atom. The predicted octanol–water partition coefficient (Wildman–Crippen LogP) is 5.40. The third-order valence-electron chi connectivity index (χ3n) is 6.41. The van der Waals surface area contributed by atoms with E-state index in [0.29, 0.717) is 11.4 Å². The summed E-state index contributed by atoms with van der Waals surface area (Å²) in [6, 6.07) is 1.60. The summed E-state index contributed by atoms with van der Waals surface area (Å²) < 4.78 is 55.0. The van der Waals surface area contributed by atoms with Crippen LogP contribution in [0.4, 0.5) is 24.5 Å². The molecule has 0 unspecified atom stereocenters. The number of aromatic nitrogens is 1. The molecule has 6 nitrogen and oxygen atoms in total. The molecule has 10 heteroatoms. The van der Waals surface area contributed by atoms with Crippen LogP contribution in [-0.4, -0.2) is 50.2 Å². The van der Waals surface area contributed by atoms with E-state index >= 15 is 0 Å². The molecule has 0 aliphatic carbocycles. The van der Waals surface area contributed by atoms with Crippen molar-refractivity contribution in [3.63, 3.8) is 0 Å². The Kier molecular flexibility index (Phi) is 7.85. The number of carbonyl (C=O) groups excluding carboxylic acids is 1. The molecule has 33 heavy (non-hydrogen) atoms. The van der Waals surface area contributed by atoms with Crippen LogP contribution in [0.25, 0.3) is 0 Å². The lowest BCUT2D eigenvalue weighted by Crippen LogP contribution is -2.59. The molecule has 1 saturated heterocycles. The highest BCUT2D eigenvalue weighted by Crippen LogP contribution is 2.45. The van der Waals surface area contributed by atoms with E-state index in [1.807, 2.05) is 33.9 Å². The maximum atomic E-state index is 14.4. The second-order valence-corrected chi connectivity index (χ2v) is 16.1. The second kappa shape index (κ2) is 9.44. The molecule has 1 fully saturated rings. The summed E-state index contributed by atoms with van der Waals surface area (Å²) >= 11 is 0. The topological polar surface area (TPSA) is 77.7 Å². The van der Waals surface area contributed by atoms with Crippen LogP contribution < -0.4 is 10.6 Å². The Bertz CT molecular complexity index is 835. The number of alkyl halides is 3. The molecule has 2 N–H and O–H groups in total. The van der Waals surface area contributed by atoms with Gasteiger partial charge >= 0.3 is 12.1 Å². The molecule has 0 amide bonds. The molecule has 3 atom stereocenters. The van der Waals surface area contributed by atoms with Crippen molar-refractivity contribution in [1.82, 2.24) is 4.98 Å². The molecule has 0 bridgehead atoms. The van der Waals surface area contributed by atoms with Gasteiger partial charge in [0.05, 0.1) is 36.0 Å². The van der Waals surface area contributed by atoms with Crippen molar-refractivity contribution in [2.75, 3.05) is 23.7 Å². The first-order valence-corrected chi connectivity index (χ1v) is 14.1. The molecule has 2 heterocycles. The minimum atomic E-state index is -4.51. The van der Waals surface area contributed by atoms with Crippen molar-refractivity contribution in [3.05, 3.63) is 18.5 Å². The first-order valence-electron chi connectivity index (χ1n) is 11.2. The molecule has 1 aliphatic rings. The Morgan fingerprint density at radius 2 is 1.79 bits per heavy atom. The average molecular weight is 490 g/mol. The van der Waals surface area contributed by atoms with Gasteiger partial charge in [-0.25, -0.2) is 0 Å². The largest absolute Gasteiger partial charge is 0.460 e. The number of anilines is 2. The van der Waals surface area contributed by atoms with Crippen molar-refractivity contribution in [2.45, 2.75) is 84.0 Å². The van der Waals surface area contributed by atoms with E-state index in [1.54, 1.807) is 31.7 Å². The van der Waals surface area contributed by atoms with Crippen LogP contribution in [0.2, 0.25) is 18.1 Å². The Morgan fingerprint density at radius 3 is 2.27 bits per heavy atom. The summed E-state index contributed by atoms with van der Waals surface area (Å²) in [4.78, 5) is 18.2. The van der Waals surface area contributed by atoms with Crippen LogP contribution in [0.1, 0.15) is 48.0 Å². The first-order chi connectivity index (χ1) is 14.8. The normalized spacial score (nSPS) is 22.9. The summed E-state index contributed by atoms with van der Waals surface area (Å²) in [7, 11) is -2.57. The van der Waals surface area contributed by atoms with Crippen LogP contribution in [0.15, 0.2) is 18.5 Å². The van der Waals surface area contributed by atoms with Gasteiger partial charge in [0.2, 0.25) is 0 Å². The molecule has 1 aliphatic heterocycles. The lowest BCUT2D eigenvalue weighted by Gasteiger charge is -2.49. The number of nitrogens with two attached hydrogens (primary N) is 1. The number of nitrogen functional groups attached to an aromatic ring is 1. The Balaban J connectivity index is 2.49. The molecule has 188 valence electrons. The summed E-state index contributed by atoms with van der Waals surface area (Å²) in [5.41, 5.74) is 6.05. The van der Waals surface area contributed by atoms with Crippen molar-refractivity contribution < 1.29 is 27.1 Å². The molecule has 1 aromatic rings. The smallest absolute Gasteiger partial charge is 0.395 e. The predicted molar refractivity (Wildman–Crippen MR) is 126 cm³/mol. The number of hydrogen-bond donors (Lipinski definition) is 1. The fraction of sp³-hybridized carbons (Fsp3) is 0.739. The number of ether oxygens (including phenoxy) is 1. The minimum Gasteiger partial charge on any atom is -0.460 e. The van der Waals surface area contributed by atoms with Gasteiger partial charge in [-0.2, -0.15) is 13.2 Å². The third-order valence-corrected chi connectivity index (χ3v) is 10.9. The highest BCUT2D eigenvalue weighted by atomic mass is 28.4. The van der Waals surface area contributed by atoms with Crippen LogP contribution in [0.5, 0.6) is 0 Å². The molecule has 0 spiro atoms. The van der Waals surface area contributed by atoms with Gasteiger partial charge in [-0.3, -0.25) is 9.78 Å². The van der Waals surface area contributed by atoms with E-state index in [4.69, 9.17) is 14.9 Å². The number of piperidine rings is 1. The minimum absolute atomic E-state index is 0.176. The highest BCUT2D eigenvalue weighted by molar-refractivity contribution is 6.74. The van der Waals surface area contributed by atoms with Gasteiger partial charge in [-0.15, -0.1) is 0 Å². The standard InChI is InChI=1S/C23H38F3N3O3Si/c1-21(2,3)31-19(30)11-15-13-29(18-9-10-28-12-17(18)27)14-16(23(24,25)26)20(15)32-33(7,8)22(4,5)6/h9-10,12,15-16,20H,11,13-14,27H2,1-8H3/t15-,16+,20+/m1/s1. The second-order valence-electron chi connectivity index (χ2n) is 11.4. The number of nitrogens with zero attached hydrogens (tertiary/aromatic N) is 2. The summed E-state index contributed by atoms with van der Waals surface area (Å²) in [6.07, 6.45) is -2.93. The monoisotopic (exact) mass is 489 g/mol. The Labute approximate surface area is 196 Å². The SMILES string of the molecule is CC(C)(C)OC(=O)C[C@@H]1CN(c2ccncc2N)C[C@H](C(F)(F)F)[C@H]1O[Si](C)(C)C(C)(C)C. The van der Waals surface area contributed by atoms with Crippen molar-refractivity contribution in [3.8, 4) is 0 Å². The van der Waals surface area contributed by atoms with Crippen LogP contribution in [-0.2, 0) is 14.0 Å². The van der Waals surface area contributed by atoms with Crippen LogP contribution >= 0.6 is 0 Å². The maximum absolute atomic E-state index is 14.4.